The molecule has 0 aliphatic carbocycles. The molecule has 0 amide bonds. The number of nitrogens with zero attached hydrogens (tertiary/aromatic N) is 2. The fraction of sp³-hybridized carbons (Fsp3) is 0.476. The van der Waals surface area contributed by atoms with Crippen LogP contribution < -0.4 is 0 Å². The van der Waals surface area contributed by atoms with Crippen LogP contribution in [0.3, 0.4) is 0 Å². The van der Waals surface area contributed by atoms with Crippen LogP contribution in [0.5, 0.6) is 0 Å². The molecular formula is C21H22N2O2S. The van der Waals surface area contributed by atoms with Gasteiger partial charge in [0.15, 0.2) is 5.78 Å². The minimum Gasteiger partial charge on any atom is -0.380 e. The topological polar surface area (TPSA) is 62.5 Å². The summed E-state index contributed by atoms with van der Waals surface area (Å²) in [6, 6.07) is 10.2. The molecule has 26 heavy (non-hydrogen) atoms. The van der Waals surface area contributed by atoms with E-state index in [1.165, 1.54) is 5.56 Å². The molecule has 0 aromatic heterocycles. The molecule has 1 atom stereocenters. The first-order chi connectivity index (χ1) is 12.3. The normalized spacial score (nSPS) is 24.6. The number of ether oxygens (including phenoxy) is 1. The fourth-order valence-corrected chi connectivity index (χ4v) is 5.00. The Morgan fingerprint density at radius 1 is 1.27 bits per heavy atom. The summed E-state index contributed by atoms with van der Waals surface area (Å²) in [6.45, 7) is 7.91. The summed E-state index contributed by atoms with van der Waals surface area (Å²) < 4.78 is 5.37. The molecule has 3 aliphatic heterocycles. The number of benzene rings is 1. The summed E-state index contributed by atoms with van der Waals surface area (Å²) in [4.78, 5) is 17.8. The average molecular weight is 366 g/mol. The van der Waals surface area contributed by atoms with E-state index in [9.17, 15) is 10.1 Å². The molecule has 1 unspecified atom stereocenters. The van der Waals surface area contributed by atoms with Crippen molar-refractivity contribution in [2.75, 3.05) is 19.0 Å². The summed E-state index contributed by atoms with van der Waals surface area (Å²) in [5.41, 5.74) is 2.92. The maximum atomic E-state index is 13.0. The zero-order chi connectivity index (χ0) is 18.5. The van der Waals surface area contributed by atoms with Gasteiger partial charge in [0.2, 0.25) is 0 Å². The molecule has 1 aromatic rings. The van der Waals surface area contributed by atoms with Crippen LogP contribution in [0.15, 0.2) is 34.8 Å². The number of carbonyl (C=O) groups excluding carboxylic acids is 1. The highest BCUT2D eigenvalue weighted by atomic mass is 32.2. The molecule has 2 fully saturated rings. The highest BCUT2D eigenvalue weighted by Crippen LogP contribution is 2.47. The van der Waals surface area contributed by atoms with Crippen molar-refractivity contribution in [3.05, 3.63) is 41.0 Å². The molecule has 0 radical (unpaired) electrons. The monoisotopic (exact) mass is 366 g/mol. The van der Waals surface area contributed by atoms with Crippen molar-refractivity contribution in [1.82, 2.24) is 0 Å². The average Bonchev–Trinajstić information content (AvgIpc) is 2.59. The van der Waals surface area contributed by atoms with Crippen LogP contribution in [-0.2, 0) is 14.9 Å². The molecule has 0 bridgehead atoms. The first-order valence-electron chi connectivity index (χ1n) is 8.92. The molecular weight excluding hydrogens is 344 g/mol. The van der Waals surface area contributed by atoms with Crippen LogP contribution in [0.4, 0.5) is 0 Å². The van der Waals surface area contributed by atoms with Gasteiger partial charge in [-0.3, -0.25) is 4.79 Å². The molecule has 4 nitrogen and oxygen atoms in total. The van der Waals surface area contributed by atoms with E-state index in [-0.39, 0.29) is 28.1 Å². The van der Waals surface area contributed by atoms with Gasteiger partial charge in [-0.05, 0) is 17.4 Å². The largest absolute Gasteiger partial charge is 0.380 e. The number of fused-ring (bicyclic) bond motifs is 1. The summed E-state index contributed by atoms with van der Waals surface area (Å²) in [5, 5.41) is 10.5. The van der Waals surface area contributed by atoms with Crippen LogP contribution in [0.2, 0.25) is 0 Å². The number of nitriles is 1. The highest BCUT2D eigenvalue weighted by molar-refractivity contribution is 8.14. The number of Topliss-reactive ketones (excluding diaryl/α,β-unsaturated/α-hetero) is 1. The Kier molecular flexibility index (Phi) is 4.09. The molecule has 134 valence electrons. The quantitative estimate of drug-likeness (QED) is 0.754. The van der Waals surface area contributed by atoms with E-state index in [1.807, 2.05) is 12.1 Å². The summed E-state index contributed by atoms with van der Waals surface area (Å²) >= 11 is 1.66. The summed E-state index contributed by atoms with van der Waals surface area (Å²) in [6.07, 6.45) is 0.749. The van der Waals surface area contributed by atoms with Crippen molar-refractivity contribution in [1.29, 1.82) is 5.26 Å². The zero-order valence-corrected chi connectivity index (χ0v) is 16.2. The van der Waals surface area contributed by atoms with Crippen molar-refractivity contribution in [2.45, 2.75) is 32.6 Å². The minimum atomic E-state index is -0.273. The number of rotatable bonds is 1. The predicted octanol–water partition coefficient (Wildman–Crippen LogP) is 3.97. The first-order valence-corrected chi connectivity index (χ1v) is 9.90. The van der Waals surface area contributed by atoms with E-state index in [0.717, 1.165) is 22.8 Å². The van der Waals surface area contributed by atoms with Crippen molar-refractivity contribution in [2.24, 2.45) is 16.3 Å². The second-order valence-corrected chi connectivity index (χ2v) is 9.51. The third-order valence-electron chi connectivity index (χ3n) is 5.44. The molecule has 1 aromatic carbocycles. The zero-order valence-electron chi connectivity index (χ0n) is 15.3. The maximum absolute atomic E-state index is 13.0. The van der Waals surface area contributed by atoms with E-state index in [4.69, 9.17) is 9.73 Å². The Hall–Kier alpha value is -1.90. The Morgan fingerprint density at radius 3 is 2.50 bits per heavy atom. The van der Waals surface area contributed by atoms with Crippen LogP contribution in [-0.4, -0.2) is 29.8 Å². The molecule has 4 rings (SSSR count). The fourth-order valence-electron chi connectivity index (χ4n) is 3.72. The molecule has 0 saturated carbocycles. The molecule has 0 N–H and O–H groups in total. The Balaban J connectivity index is 1.70. The maximum Gasteiger partial charge on any atom is 0.185 e. The van der Waals surface area contributed by atoms with Crippen molar-refractivity contribution in [3.63, 3.8) is 0 Å². The van der Waals surface area contributed by atoms with Gasteiger partial charge in [-0.25, -0.2) is 4.99 Å². The van der Waals surface area contributed by atoms with Gasteiger partial charge in [0.05, 0.1) is 29.9 Å². The van der Waals surface area contributed by atoms with Gasteiger partial charge in [-0.1, -0.05) is 45.0 Å². The van der Waals surface area contributed by atoms with Gasteiger partial charge < -0.3 is 4.74 Å². The highest BCUT2D eigenvalue weighted by Gasteiger charge is 2.49. The number of allylic oxidation sites excluding steroid dienone is 1. The summed E-state index contributed by atoms with van der Waals surface area (Å²) in [5.74, 6) is 0.587. The Bertz CT molecular complexity index is 865. The lowest BCUT2D eigenvalue weighted by molar-refractivity contribution is -0.126. The lowest BCUT2D eigenvalue weighted by Gasteiger charge is -2.47. The van der Waals surface area contributed by atoms with E-state index in [1.54, 1.807) is 11.8 Å². The first kappa shape index (κ1) is 17.5. The number of aliphatic imine (C=N–C) groups is 1. The third kappa shape index (κ3) is 2.82. The number of thioether (sulfide) groups is 1. The van der Waals surface area contributed by atoms with Gasteiger partial charge in [0.1, 0.15) is 11.6 Å². The van der Waals surface area contributed by atoms with E-state index >= 15 is 0 Å². The number of hydrogen-bond donors (Lipinski definition) is 0. The standard InChI is InChI=1S/C21H22N2O2S/c1-20(2,3)14-6-4-13(5-7-14)17-16(9-22)18(24)15-8-21(10-25-11-21)12-26-19(15)23-17/h4-7,15H,8,10-12H2,1-3H3. The molecule has 2 saturated heterocycles. The lowest BCUT2D eigenvalue weighted by Crippen LogP contribution is -2.51. The van der Waals surface area contributed by atoms with Gasteiger partial charge in [-0.15, -0.1) is 11.8 Å². The van der Waals surface area contributed by atoms with Crippen molar-refractivity contribution in [3.8, 4) is 6.07 Å². The number of hydrogen-bond acceptors (Lipinski definition) is 5. The third-order valence-corrected chi connectivity index (χ3v) is 6.86. The van der Waals surface area contributed by atoms with Crippen LogP contribution in [0.1, 0.15) is 38.3 Å². The van der Waals surface area contributed by atoms with Gasteiger partial charge in [0.25, 0.3) is 0 Å². The van der Waals surface area contributed by atoms with Crippen molar-refractivity contribution >= 4 is 28.3 Å². The van der Waals surface area contributed by atoms with E-state index < -0.39 is 0 Å². The molecule has 5 heteroatoms. The van der Waals surface area contributed by atoms with Crippen LogP contribution in [0.25, 0.3) is 5.70 Å². The second kappa shape index (κ2) is 6.07. The van der Waals surface area contributed by atoms with E-state index in [2.05, 4.69) is 39.0 Å². The van der Waals surface area contributed by atoms with Crippen LogP contribution in [0, 0.1) is 22.7 Å². The Morgan fingerprint density at radius 2 is 1.96 bits per heavy atom. The second-order valence-electron chi connectivity index (χ2n) is 8.52. The van der Waals surface area contributed by atoms with Gasteiger partial charge >= 0.3 is 0 Å². The molecule has 3 heterocycles. The Labute approximate surface area is 158 Å². The smallest absolute Gasteiger partial charge is 0.185 e. The van der Waals surface area contributed by atoms with Crippen LogP contribution >= 0.6 is 11.8 Å². The van der Waals surface area contributed by atoms with Gasteiger partial charge in [-0.2, -0.15) is 5.26 Å². The molecule has 1 spiro atoms. The SMILES string of the molecule is CC(C)(C)c1ccc(C2=C(C#N)C(=O)C3CC4(COC4)CSC3=N2)cc1. The molecule has 3 aliphatic rings. The number of carbonyl (C=O) groups is 1. The summed E-state index contributed by atoms with van der Waals surface area (Å²) in [7, 11) is 0. The van der Waals surface area contributed by atoms with Gasteiger partial charge in [0, 0.05) is 16.7 Å². The number of ketones is 1. The lowest BCUT2D eigenvalue weighted by atomic mass is 9.75. The minimum absolute atomic E-state index is 0.0583. The van der Waals surface area contributed by atoms with E-state index in [0.29, 0.717) is 18.9 Å². The van der Waals surface area contributed by atoms with Crippen molar-refractivity contribution < 1.29 is 9.53 Å². The predicted molar refractivity (Wildman–Crippen MR) is 104 cm³/mol.